The second-order valence-electron chi connectivity index (χ2n) is 5.47. The second-order valence-corrected chi connectivity index (χ2v) is 5.47. The van der Waals surface area contributed by atoms with Gasteiger partial charge in [0.15, 0.2) is 0 Å². The first-order chi connectivity index (χ1) is 11.6. The maximum absolute atomic E-state index is 11.0. The molecule has 4 nitrogen and oxygen atoms in total. The van der Waals surface area contributed by atoms with Crippen LogP contribution >= 0.6 is 0 Å². The number of nitrogens with one attached hydrogen (secondary N) is 1. The number of carboxylic acid groups (broad SMARTS) is 1. The Morgan fingerprint density at radius 1 is 1.12 bits per heavy atom. The molecule has 0 spiro atoms. The highest BCUT2D eigenvalue weighted by Crippen LogP contribution is 2.31. The largest absolute Gasteiger partial charge is 0.480 e. The molecular formula is C20H24N2O2. The highest BCUT2D eigenvalue weighted by molar-refractivity contribution is 5.97. The molecule has 0 bridgehead atoms. The summed E-state index contributed by atoms with van der Waals surface area (Å²) in [7, 11) is 0. The topological polar surface area (TPSA) is 79.1 Å². The third-order valence-corrected chi connectivity index (χ3v) is 3.98. The monoisotopic (exact) mass is 324 g/mol. The predicted molar refractivity (Wildman–Crippen MR) is 99.1 cm³/mol. The van der Waals surface area contributed by atoms with Gasteiger partial charge in [0.05, 0.1) is 5.52 Å². The number of aryl methyl sites for hydroxylation is 1. The highest BCUT2D eigenvalue weighted by atomic mass is 16.4. The number of nitrogens with two attached hydrogens (primary N) is 1. The molecule has 1 aromatic heterocycles. The van der Waals surface area contributed by atoms with Crippen molar-refractivity contribution in [1.82, 2.24) is 4.98 Å². The van der Waals surface area contributed by atoms with Crippen molar-refractivity contribution in [1.29, 1.82) is 0 Å². The lowest BCUT2D eigenvalue weighted by Gasteiger charge is -2.07. The summed E-state index contributed by atoms with van der Waals surface area (Å²) in [4.78, 5) is 14.4. The van der Waals surface area contributed by atoms with Crippen molar-refractivity contribution in [3.8, 4) is 11.1 Å². The molecule has 3 aromatic rings. The summed E-state index contributed by atoms with van der Waals surface area (Å²) in [5.74, 6) is -0.979. The normalized spacial score (nSPS) is 11.7. The maximum atomic E-state index is 11.0. The van der Waals surface area contributed by atoms with E-state index in [1.54, 1.807) is 0 Å². The molecular weight excluding hydrogens is 300 g/mol. The predicted octanol–water partition coefficient (Wildman–Crippen LogP) is 4.12. The van der Waals surface area contributed by atoms with Crippen LogP contribution in [0.1, 0.15) is 25.1 Å². The minimum Gasteiger partial charge on any atom is -0.480 e. The molecule has 4 N–H and O–H groups in total. The van der Waals surface area contributed by atoms with Crippen LogP contribution in [0.2, 0.25) is 0 Å². The minimum atomic E-state index is -0.979. The van der Waals surface area contributed by atoms with Gasteiger partial charge in [-0.2, -0.15) is 0 Å². The van der Waals surface area contributed by atoms with Crippen LogP contribution in [0.15, 0.2) is 48.5 Å². The maximum Gasteiger partial charge on any atom is 0.320 e. The van der Waals surface area contributed by atoms with Gasteiger partial charge in [0, 0.05) is 23.1 Å². The summed E-state index contributed by atoms with van der Waals surface area (Å²) in [6, 6.07) is 15.3. The number of para-hydroxylation sites is 1. The fourth-order valence-corrected chi connectivity index (χ4v) is 2.83. The van der Waals surface area contributed by atoms with Gasteiger partial charge in [-0.05, 0) is 18.1 Å². The van der Waals surface area contributed by atoms with E-state index in [1.165, 1.54) is 0 Å². The fraction of sp³-hybridized carbons (Fsp3) is 0.250. The zero-order valence-corrected chi connectivity index (χ0v) is 14.3. The molecule has 0 amide bonds. The van der Waals surface area contributed by atoms with Crippen molar-refractivity contribution in [2.75, 3.05) is 0 Å². The number of benzene rings is 2. The van der Waals surface area contributed by atoms with Crippen LogP contribution in [0.5, 0.6) is 0 Å². The Bertz CT molecular complexity index is 822. The van der Waals surface area contributed by atoms with Gasteiger partial charge in [0.25, 0.3) is 0 Å². The molecule has 0 aliphatic heterocycles. The number of aromatic amines is 1. The van der Waals surface area contributed by atoms with E-state index in [0.717, 1.165) is 33.3 Å². The Balaban J connectivity index is 0.00000100. The Morgan fingerprint density at radius 3 is 2.42 bits per heavy atom. The molecule has 2 aromatic carbocycles. The van der Waals surface area contributed by atoms with Crippen LogP contribution in [0.25, 0.3) is 22.0 Å². The average molecular weight is 324 g/mol. The van der Waals surface area contributed by atoms with Crippen molar-refractivity contribution in [2.45, 2.75) is 33.2 Å². The molecule has 1 atom stereocenters. The fourth-order valence-electron chi connectivity index (χ4n) is 2.83. The van der Waals surface area contributed by atoms with Crippen LogP contribution in [0, 0.1) is 6.92 Å². The lowest BCUT2D eigenvalue weighted by Crippen LogP contribution is -2.32. The number of H-pyrrole nitrogens is 1. The third-order valence-electron chi connectivity index (χ3n) is 3.98. The SMILES string of the molecule is CC.Cc1[nH]c2c(-c3ccccc3)cccc2c1CC(N)C(=O)O. The van der Waals surface area contributed by atoms with Gasteiger partial charge in [0.2, 0.25) is 0 Å². The zero-order valence-electron chi connectivity index (χ0n) is 14.3. The summed E-state index contributed by atoms with van der Waals surface area (Å²) in [5.41, 5.74) is 10.9. The summed E-state index contributed by atoms with van der Waals surface area (Å²) in [5, 5.41) is 10.1. The molecule has 0 fully saturated rings. The van der Waals surface area contributed by atoms with E-state index in [1.807, 2.05) is 51.1 Å². The first kappa shape index (κ1) is 17.8. The van der Waals surface area contributed by atoms with Gasteiger partial charge in [0.1, 0.15) is 6.04 Å². The molecule has 0 saturated carbocycles. The molecule has 0 saturated heterocycles. The van der Waals surface area contributed by atoms with Crippen LogP contribution in [0.4, 0.5) is 0 Å². The van der Waals surface area contributed by atoms with Gasteiger partial charge in [-0.3, -0.25) is 4.79 Å². The van der Waals surface area contributed by atoms with Crippen LogP contribution < -0.4 is 5.73 Å². The number of carboxylic acids is 1. The van der Waals surface area contributed by atoms with Crippen LogP contribution in [-0.2, 0) is 11.2 Å². The second kappa shape index (κ2) is 7.79. The van der Waals surface area contributed by atoms with Crippen molar-refractivity contribution in [3.63, 3.8) is 0 Å². The summed E-state index contributed by atoms with van der Waals surface area (Å²) in [6.45, 7) is 5.96. The summed E-state index contributed by atoms with van der Waals surface area (Å²) < 4.78 is 0. The number of fused-ring (bicyclic) bond motifs is 1. The van der Waals surface area contributed by atoms with Crippen LogP contribution in [-0.4, -0.2) is 22.1 Å². The molecule has 4 heteroatoms. The Labute approximate surface area is 142 Å². The first-order valence-electron chi connectivity index (χ1n) is 8.22. The smallest absolute Gasteiger partial charge is 0.320 e. The van der Waals surface area contributed by atoms with E-state index >= 15 is 0 Å². The number of aromatic nitrogens is 1. The zero-order chi connectivity index (χ0) is 17.7. The standard InChI is InChI=1S/C18H18N2O2.C2H6/c1-11-15(10-16(19)18(21)22)14-9-5-8-13(17(14)20-11)12-6-3-2-4-7-12;1-2/h2-9,16,20H,10,19H2,1H3,(H,21,22);1-2H3. The summed E-state index contributed by atoms with van der Waals surface area (Å²) >= 11 is 0. The first-order valence-corrected chi connectivity index (χ1v) is 8.22. The van der Waals surface area contributed by atoms with Gasteiger partial charge < -0.3 is 15.8 Å². The number of hydrogen-bond acceptors (Lipinski definition) is 2. The molecule has 0 aliphatic carbocycles. The van der Waals surface area contributed by atoms with Crippen molar-refractivity contribution in [2.24, 2.45) is 5.73 Å². The van der Waals surface area contributed by atoms with Crippen molar-refractivity contribution >= 4 is 16.9 Å². The van der Waals surface area contributed by atoms with Gasteiger partial charge in [-0.15, -0.1) is 0 Å². The molecule has 24 heavy (non-hydrogen) atoms. The van der Waals surface area contributed by atoms with E-state index in [4.69, 9.17) is 10.8 Å². The number of aliphatic carboxylic acids is 1. The van der Waals surface area contributed by atoms with Gasteiger partial charge in [-0.1, -0.05) is 62.4 Å². The Morgan fingerprint density at radius 2 is 1.79 bits per heavy atom. The number of carbonyl (C=O) groups is 1. The molecule has 1 heterocycles. The Hall–Kier alpha value is -2.59. The minimum absolute atomic E-state index is 0.319. The average Bonchev–Trinajstić information content (AvgIpc) is 2.93. The Kier molecular flexibility index (Phi) is 5.77. The lowest BCUT2D eigenvalue weighted by atomic mass is 9.99. The van der Waals surface area contributed by atoms with E-state index in [2.05, 4.69) is 23.2 Å². The van der Waals surface area contributed by atoms with E-state index in [-0.39, 0.29) is 0 Å². The van der Waals surface area contributed by atoms with Gasteiger partial charge in [-0.25, -0.2) is 0 Å². The molecule has 3 rings (SSSR count). The molecule has 126 valence electrons. The number of hydrogen-bond donors (Lipinski definition) is 3. The summed E-state index contributed by atoms with van der Waals surface area (Å²) in [6.07, 6.45) is 0.319. The van der Waals surface area contributed by atoms with E-state index < -0.39 is 12.0 Å². The lowest BCUT2D eigenvalue weighted by molar-refractivity contribution is -0.138. The van der Waals surface area contributed by atoms with E-state index in [9.17, 15) is 4.79 Å². The van der Waals surface area contributed by atoms with Crippen LogP contribution in [0.3, 0.4) is 0 Å². The van der Waals surface area contributed by atoms with Crippen molar-refractivity contribution in [3.05, 3.63) is 59.8 Å². The highest BCUT2D eigenvalue weighted by Gasteiger charge is 2.18. The van der Waals surface area contributed by atoms with Gasteiger partial charge >= 0.3 is 5.97 Å². The van der Waals surface area contributed by atoms with Crippen molar-refractivity contribution < 1.29 is 9.90 Å². The van der Waals surface area contributed by atoms with E-state index in [0.29, 0.717) is 6.42 Å². The molecule has 0 aliphatic rings. The quantitative estimate of drug-likeness (QED) is 0.675. The molecule has 0 radical (unpaired) electrons. The third kappa shape index (κ3) is 3.49. The molecule has 1 unspecified atom stereocenters. The number of rotatable bonds is 4.